The fourth-order valence-electron chi connectivity index (χ4n) is 4.95. The van der Waals surface area contributed by atoms with Gasteiger partial charge in [-0.25, -0.2) is 4.79 Å². The molecule has 1 aromatic rings. The van der Waals surface area contributed by atoms with E-state index >= 15 is 0 Å². The summed E-state index contributed by atoms with van der Waals surface area (Å²) in [5.41, 5.74) is 1.51. The second-order valence-electron chi connectivity index (χ2n) is 12.5. The Kier molecular flexibility index (Phi) is 35.6. The van der Waals surface area contributed by atoms with E-state index in [9.17, 15) is 4.79 Å². The summed E-state index contributed by atoms with van der Waals surface area (Å²) < 4.78 is 71.5. The average Bonchev–Trinajstić information content (AvgIpc) is 3.22. The summed E-state index contributed by atoms with van der Waals surface area (Å²) in [6, 6.07) is 7.29. The molecule has 1 fully saturated rings. The third-order valence-electron chi connectivity index (χ3n) is 8.03. The molecule has 0 saturated carbocycles. The van der Waals surface area contributed by atoms with E-state index in [-0.39, 0.29) is 12.6 Å². The molecule has 2 N–H and O–H groups in total. The fraction of sp³-hybridized carbons (Fsp3) is 0.825. The zero-order chi connectivity index (χ0) is 39.7. The minimum absolute atomic E-state index is 0.189. The molecule has 0 aliphatic carbocycles. The van der Waals surface area contributed by atoms with Gasteiger partial charge in [0.15, 0.2) is 0 Å². The Balaban J connectivity index is 1.15. The fourth-order valence-corrected chi connectivity index (χ4v) is 4.95. The van der Waals surface area contributed by atoms with Gasteiger partial charge >= 0.3 is 5.97 Å². The van der Waals surface area contributed by atoms with Crippen LogP contribution in [0.3, 0.4) is 0 Å². The van der Waals surface area contributed by atoms with Gasteiger partial charge in [0.25, 0.3) is 0 Å². The maximum absolute atomic E-state index is 12.1. The Labute approximate surface area is 335 Å². The van der Waals surface area contributed by atoms with Crippen molar-refractivity contribution in [2.24, 2.45) is 0 Å². The van der Waals surface area contributed by atoms with Crippen LogP contribution < -0.4 is 10.6 Å². The molecule has 1 saturated heterocycles. The van der Waals surface area contributed by atoms with Crippen LogP contribution in [0.15, 0.2) is 24.3 Å². The zero-order valence-electron chi connectivity index (χ0n) is 34.0. The molecule has 0 atom stereocenters. The Bertz CT molecular complexity index is 975. The average molecular weight is 805 g/mol. The van der Waals surface area contributed by atoms with Crippen molar-refractivity contribution >= 4 is 11.7 Å². The normalized spacial score (nSPS) is 13.4. The summed E-state index contributed by atoms with van der Waals surface area (Å²) in [5.74, 6) is -0.362. The molecule has 0 spiro atoms. The molecule has 2 rings (SSSR count). The number of rotatable bonds is 42. The quantitative estimate of drug-likeness (QED) is 0.0733. The summed E-state index contributed by atoms with van der Waals surface area (Å²) >= 11 is 0. The van der Waals surface area contributed by atoms with Crippen LogP contribution in [-0.2, 0) is 61.6 Å². The lowest BCUT2D eigenvalue weighted by Gasteiger charge is -2.22. The van der Waals surface area contributed by atoms with E-state index in [0.717, 1.165) is 51.0 Å². The van der Waals surface area contributed by atoms with Crippen molar-refractivity contribution in [1.82, 2.24) is 5.32 Å². The van der Waals surface area contributed by atoms with Crippen LogP contribution in [0.2, 0.25) is 0 Å². The first-order valence-electron chi connectivity index (χ1n) is 20.5. The van der Waals surface area contributed by atoms with E-state index in [4.69, 9.17) is 61.6 Å². The van der Waals surface area contributed by atoms with Gasteiger partial charge in [-0.1, -0.05) is 13.3 Å². The molecule has 0 unspecified atom stereocenters. The Morgan fingerprint density at radius 1 is 0.518 bits per heavy atom. The molecule has 1 aromatic carbocycles. The minimum Gasteiger partial charge on any atom is -0.460 e. The van der Waals surface area contributed by atoms with Gasteiger partial charge in [-0.05, 0) is 56.6 Å². The molecule has 0 amide bonds. The molecule has 16 nitrogen and oxygen atoms in total. The van der Waals surface area contributed by atoms with E-state index < -0.39 is 0 Å². The first kappa shape index (κ1) is 50.1. The number of nitrogens with one attached hydrogen (secondary N) is 2. The van der Waals surface area contributed by atoms with Crippen molar-refractivity contribution in [3.05, 3.63) is 29.8 Å². The van der Waals surface area contributed by atoms with Crippen molar-refractivity contribution < 1.29 is 66.4 Å². The Morgan fingerprint density at radius 2 is 0.857 bits per heavy atom. The lowest BCUT2D eigenvalue weighted by molar-refractivity contribution is -0.0327. The van der Waals surface area contributed by atoms with E-state index in [0.29, 0.717) is 164 Å². The first-order valence-corrected chi connectivity index (χ1v) is 20.5. The van der Waals surface area contributed by atoms with E-state index in [2.05, 4.69) is 17.6 Å². The van der Waals surface area contributed by atoms with Gasteiger partial charge in [0, 0.05) is 12.2 Å². The topological polar surface area (TPSA) is 161 Å². The van der Waals surface area contributed by atoms with E-state index in [1.165, 1.54) is 0 Å². The number of ether oxygens (including phenoxy) is 13. The van der Waals surface area contributed by atoms with Crippen LogP contribution in [0, 0.1) is 0 Å². The smallest absolute Gasteiger partial charge is 0.338 e. The van der Waals surface area contributed by atoms with Gasteiger partial charge in [-0.3, -0.25) is 0 Å². The number of benzene rings is 1. The zero-order valence-corrected chi connectivity index (χ0v) is 34.0. The van der Waals surface area contributed by atoms with Crippen molar-refractivity contribution in [2.75, 3.05) is 184 Å². The largest absolute Gasteiger partial charge is 0.460 e. The lowest BCUT2D eigenvalue weighted by atomic mass is 10.1. The standard InChI is InChI=1S/C40H72N2O14/c1-2-3-10-42-38-6-4-37(5-7-38)40(43)56-36-34-54-32-30-52-28-26-50-24-22-48-20-18-46-16-14-44-13-15-45-17-19-47-21-23-49-25-27-51-29-31-53-33-35-55-39-8-11-41-12-9-39/h4-7,39,41-42H,2-3,8-36H2,1H3. The SMILES string of the molecule is CCCCNc1ccc(C(=O)OCCOCCOCCOCCOCCOCCOCCOCCOCCOCCOCCOCCOC2CCNCC2)cc1. The van der Waals surface area contributed by atoms with Gasteiger partial charge in [-0.2, -0.15) is 0 Å². The maximum Gasteiger partial charge on any atom is 0.338 e. The summed E-state index contributed by atoms with van der Waals surface area (Å²) in [6.45, 7) is 16.8. The molecular formula is C40H72N2O14. The third-order valence-corrected chi connectivity index (χ3v) is 8.03. The van der Waals surface area contributed by atoms with Gasteiger partial charge < -0.3 is 72.2 Å². The molecule has 0 aromatic heterocycles. The van der Waals surface area contributed by atoms with Gasteiger partial charge in [-0.15, -0.1) is 0 Å². The highest BCUT2D eigenvalue weighted by atomic mass is 16.6. The van der Waals surface area contributed by atoms with Crippen molar-refractivity contribution in [2.45, 2.75) is 38.7 Å². The highest BCUT2D eigenvalue weighted by molar-refractivity contribution is 5.89. The lowest BCUT2D eigenvalue weighted by Crippen LogP contribution is -2.33. The van der Waals surface area contributed by atoms with Crippen molar-refractivity contribution in [3.63, 3.8) is 0 Å². The predicted octanol–water partition coefficient (Wildman–Crippen LogP) is 3.01. The summed E-state index contributed by atoms with van der Waals surface area (Å²) in [4.78, 5) is 12.1. The van der Waals surface area contributed by atoms with Crippen LogP contribution in [0.5, 0.6) is 0 Å². The maximum atomic E-state index is 12.1. The molecule has 326 valence electrons. The van der Waals surface area contributed by atoms with Gasteiger partial charge in [0.2, 0.25) is 0 Å². The molecule has 0 radical (unpaired) electrons. The van der Waals surface area contributed by atoms with E-state index in [1.54, 1.807) is 12.1 Å². The number of unbranched alkanes of at least 4 members (excludes halogenated alkanes) is 1. The van der Waals surface area contributed by atoms with Crippen molar-refractivity contribution in [1.29, 1.82) is 0 Å². The monoisotopic (exact) mass is 804 g/mol. The number of esters is 1. The second-order valence-corrected chi connectivity index (χ2v) is 12.5. The van der Waals surface area contributed by atoms with Crippen molar-refractivity contribution in [3.8, 4) is 0 Å². The molecule has 1 heterocycles. The van der Waals surface area contributed by atoms with Crippen LogP contribution >= 0.6 is 0 Å². The molecule has 1 aliphatic rings. The number of hydrogen-bond donors (Lipinski definition) is 2. The Morgan fingerprint density at radius 3 is 1.21 bits per heavy atom. The van der Waals surface area contributed by atoms with E-state index in [1.807, 2.05) is 12.1 Å². The summed E-state index contributed by atoms with van der Waals surface area (Å²) in [6.07, 6.45) is 4.76. The van der Waals surface area contributed by atoms with Gasteiger partial charge in [0.05, 0.1) is 164 Å². The second kappa shape index (κ2) is 39.8. The van der Waals surface area contributed by atoms with Crippen LogP contribution in [0.1, 0.15) is 43.0 Å². The van der Waals surface area contributed by atoms with Crippen LogP contribution in [0.4, 0.5) is 5.69 Å². The number of hydrogen-bond acceptors (Lipinski definition) is 16. The van der Waals surface area contributed by atoms with Crippen LogP contribution in [0.25, 0.3) is 0 Å². The highest BCUT2D eigenvalue weighted by Gasteiger charge is 2.12. The third kappa shape index (κ3) is 32.0. The molecule has 0 bridgehead atoms. The summed E-state index contributed by atoms with van der Waals surface area (Å²) in [7, 11) is 0. The highest BCUT2D eigenvalue weighted by Crippen LogP contribution is 2.11. The summed E-state index contributed by atoms with van der Waals surface area (Å²) in [5, 5.41) is 6.65. The molecular weight excluding hydrogens is 732 g/mol. The molecule has 16 heteroatoms. The number of carbonyl (C=O) groups is 1. The Hall–Kier alpha value is -2.03. The van der Waals surface area contributed by atoms with Crippen LogP contribution in [-0.4, -0.2) is 190 Å². The first-order chi connectivity index (χ1) is 27.8. The number of anilines is 1. The number of piperidine rings is 1. The number of carbonyl (C=O) groups excluding carboxylic acids is 1. The predicted molar refractivity (Wildman–Crippen MR) is 211 cm³/mol. The molecule has 56 heavy (non-hydrogen) atoms. The minimum atomic E-state index is -0.362. The molecule has 1 aliphatic heterocycles. The van der Waals surface area contributed by atoms with Gasteiger partial charge in [0.1, 0.15) is 6.61 Å².